The van der Waals surface area contributed by atoms with E-state index in [1.54, 1.807) is 16.4 Å². The molecule has 5 heteroatoms. The van der Waals surface area contributed by atoms with Gasteiger partial charge in [-0.25, -0.2) is 4.68 Å². The molecule has 0 aliphatic heterocycles. The van der Waals surface area contributed by atoms with Gasteiger partial charge in [-0.15, -0.1) is 10.2 Å². The molecule has 2 N–H and O–H groups in total. The quantitative estimate of drug-likeness (QED) is 0.480. The van der Waals surface area contributed by atoms with Gasteiger partial charge in [0.1, 0.15) is 0 Å². The van der Waals surface area contributed by atoms with Gasteiger partial charge >= 0.3 is 0 Å². The highest BCUT2D eigenvalue weighted by Crippen LogP contribution is 2.22. The number of nitrogen functional groups attached to an aromatic ring is 1. The van der Waals surface area contributed by atoms with Crippen LogP contribution in [0.5, 0.6) is 0 Å². The number of hydrogen-bond acceptors (Lipinski definition) is 4. The molecular formula is C15H22N4S. The Hall–Kier alpha value is -1.49. The number of nitrogens with zero attached hydrogens (tertiary/aromatic N) is 3. The Morgan fingerprint density at radius 3 is 2.55 bits per heavy atom. The van der Waals surface area contributed by atoms with Crippen molar-refractivity contribution < 1.29 is 0 Å². The number of hydrogen-bond donors (Lipinski definition) is 1. The molecule has 0 saturated carbocycles. The van der Waals surface area contributed by atoms with Crippen molar-refractivity contribution in [2.24, 2.45) is 0 Å². The Kier molecular flexibility index (Phi) is 5.47. The lowest BCUT2D eigenvalue weighted by atomic mass is 10.1. The van der Waals surface area contributed by atoms with Gasteiger partial charge < -0.3 is 5.84 Å². The third kappa shape index (κ3) is 3.76. The van der Waals surface area contributed by atoms with Crippen LogP contribution in [-0.2, 0) is 0 Å². The first-order valence-corrected chi connectivity index (χ1v) is 8.11. The van der Waals surface area contributed by atoms with Gasteiger partial charge in [-0.2, -0.15) is 0 Å². The summed E-state index contributed by atoms with van der Waals surface area (Å²) in [6.07, 6.45) is 5.03. The van der Waals surface area contributed by atoms with Gasteiger partial charge in [-0.3, -0.25) is 0 Å². The second-order valence-electron chi connectivity index (χ2n) is 4.95. The average molecular weight is 290 g/mol. The molecule has 1 aromatic heterocycles. The zero-order valence-corrected chi connectivity index (χ0v) is 13.0. The fraction of sp³-hybridized carbons (Fsp3) is 0.467. The Morgan fingerprint density at radius 1 is 1.10 bits per heavy atom. The molecule has 0 atom stereocenters. The Bertz CT molecular complexity index is 533. The number of unbranched alkanes of at least 4 members (excludes halogenated alkanes) is 3. The van der Waals surface area contributed by atoms with Crippen molar-refractivity contribution in [2.45, 2.75) is 44.7 Å². The van der Waals surface area contributed by atoms with Crippen molar-refractivity contribution in [3.63, 3.8) is 0 Å². The molecule has 0 bridgehead atoms. The van der Waals surface area contributed by atoms with E-state index in [1.165, 1.54) is 31.2 Å². The minimum Gasteiger partial charge on any atom is -0.335 e. The zero-order valence-electron chi connectivity index (χ0n) is 12.2. The van der Waals surface area contributed by atoms with E-state index < -0.39 is 0 Å². The first-order chi connectivity index (χ1) is 9.72. The van der Waals surface area contributed by atoms with Crippen LogP contribution in [0, 0.1) is 6.92 Å². The third-order valence-electron chi connectivity index (χ3n) is 3.20. The predicted molar refractivity (Wildman–Crippen MR) is 85.2 cm³/mol. The van der Waals surface area contributed by atoms with Gasteiger partial charge in [0.05, 0.1) is 0 Å². The number of aromatic nitrogens is 3. The van der Waals surface area contributed by atoms with Crippen LogP contribution < -0.4 is 5.84 Å². The molecule has 1 aromatic carbocycles. The molecule has 0 amide bonds. The highest BCUT2D eigenvalue weighted by Gasteiger charge is 2.11. The zero-order chi connectivity index (χ0) is 14.4. The standard InChI is InChI=1S/C15H22N4S/c1-3-4-5-6-11-20-15-18-17-14(19(15)16)13-9-7-12(2)8-10-13/h7-10H,3-6,11,16H2,1-2H3. The maximum Gasteiger partial charge on any atom is 0.210 e. The molecule has 0 aliphatic rings. The van der Waals surface area contributed by atoms with Crippen molar-refractivity contribution in [1.82, 2.24) is 14.9 Å². The molecule has 2 rings (SSSR count). The van der Waals surface area contributed by atoms with E-state index >= 15 is 0 Å². The van der Waals surface area contributed by atoms with Gasteiger partial charge in [0.2, 0.25) is 5.16 Å². The number of rotatable bonds is 7. The van der Waals surface area contributed by atoms with E-state index in [9.17, 15) is 0 Å². The molecule has 4 nitrogen and oxygen atoms in total. The van der Waals surface area contributed by atoms with E-state index in [4.69, 9.17) is 5.84 Å². The summed E-state index contributed by atoms with van der Waals surface area (Å²) in [4.78, 5) is 0. The molecule has 1 heterocycles. The third-order valence-corrected chi connectivity index (χ3v) is 4.23. The smallest absolute Gasteiger partial charge is 0.210 e. The van der Waals surface area contributed by atoms with Crippen LogP contribution in [0.15, 0.2) is 29.4 Å². The minimum absolute atomic E-state index is 0.723. The fourth-order valence-corrected chi connectivity index (χ4v) is 2.82. The van der Waals surface area contributed by atoms with Gasteiger partial charge in [0, 0.05) is 11.3 Å². The minimum atomic E-state index is 0.723. The van der Waals surface area contributed by atoms with Crippen LogP contribution in [-0.4, -0.2) is 20.6 Å². The Balaban J connectivity index is 1.98. The van der Waals surface area contributed by atoms with Crippen LogP contribution in [0.4, 0.5) is 0 Å². The second-order valence-corrected chi connectivity index (χ2v) is 6.01. The van der Waals surface area contributed by atoms with E-state index in [0.29, 0.717) is 0 Å². The maximum atomic E-state index is 6.09. The van der Waals surface area contributed by atoms with Crippen molar-refractivity contribution in [2.75, 3.05) is 11.6 Å². The molecule has 108 valence electrons. The Labute approximate surface area is 124 Å². The van der Waals surface area contributed by atoms with Crippen LogP contribution in [0.3, 0.4) is 0 Å². The molecule has 0 radical (unpaired) electrons. The van der Waals surface area contributed by atoms with Gasteiger partial charge in [-0.1, -0.05) is 67.8 Å². The van der Waals surface area contributed by atoms with E-state index in [2.05, 4.69) is 36.2 Å². The molecule has 0 unspecified atom stereocenters. The Morgan fingerprint density at radius 2 is 1.85 bits per heavy atom. The molecule has 0 fully saturated rings. The molecule has 20 heavy (non-hydrogen) atoms. The van der Waals surface area contributed by atoms with E-state index in [-0.39, 0.29) is 0 Å². The van der Waals surface area contributed by atoms with E-state index in [1.807, 2.05) is 12.1 Å². The highest BCUT2D eigenvalue weighted by atomic mass is 32.2. The summed E-state index contributed by atoms with van der Waals surface area (Å²) in [6.45, 7) is 4.28. The number of thioether (sulfide) groups is 1. The number of benzene rings is 1. The van der Waals surface area contributed by atoms with E-state index in [0.717, 1.165) is 22.3 Å². The molecule has 2 aromatic rings. The van der Waals surface area contributed by atoms with Crippen LogP contribution in [0.2, 0.25) is 0 Å². The van der Waals surface area contributed by atoms with Gasteiger partial charge in [0.15, 0.2) is 5.82 Å². The fourth-order valence-electron chi connectivity index (χ4n) is 1.97. The van der Waals surface area contributed by atoms with Crippen molar-refractivity contribution in [3.05, 3.63) is 29.8 Å². The summed E-state index contributed by atoms with van der Waals surface area (Å²) in [5.41, 5.74) is 2.23. The van der Waals surface area contributed by atoms with Crippen LogP contribution >= 0.6 is 11.8 Å². The lowest BCUT2D eigenvalue weighted by Crippen LogP contribution is -2.11. The van der Waals surface area contributed by atoms with Gasteiger partial charge in [-0.05, 0) is 13.3 Å². The van der Waals surface area contributed by atoms with Crippen LogP contribution in [0.25, 0.3) is 11.4 Å². The molecule has 0 spiro atoms. The first kappa shape index (κ1) is 14.9. The average Bonchev–Trinajstić information content (AvgIpc) is 2.81. The predicted octanol–water partition coefficient (Wildman–Crippen LogP) is 3.64. The summed E-state index contributed by atoms with van der Waals surface area (Å²) in [5, 5.41) is 9.17. The number of aryl methyl sites for hydroxylation is 1. The topological polar surface area (TPSA) is 56.7 Å². The lowest BCUT2D eigenvalue weighted by Gasteiger charge is -2.04. The summed E-state index contributed by atoms with van der Waals surface area (Å²) >= 11 is 1.68. The van der Waals surface area contributed by atoms with Gasteiger partial charge in [0.25, 0.3) is 0 Å². The summed E-state index contributed by atoms with van der Waals surface area (Å²) in [7, 11) is 0. The normalized spacial score (nSPS) is 10.9. The lowest BCUT2D eigenvalue weighted by molar-refractivity contribution is 0.705. The molecule has 0 aliphatic carbocycles. The second kappa shape index (κ2) is 7.33. The summed E-state index contributed by atoms with van der Waals surface area (Å²) < 4.78 is 1.59. The van der Waals surface area contributed by atoms with Crippen molar-refractivity contribution >= 4 is 11.8 Å². The monoisotopic (exact) mass is 290 g/mol. The largest absolute Gasteiger partial charge is 0.335 e. The molecular weight excluding hydrogens is 268 g/mol. The van der Waals surface area contributed by atoms with Crippen molar-refractivity contribution in [1.29, 1.82) is 0 Å². The summed E-state index contributed by atoms with van der Waals surface area (Å²) in [6, 6.07) is 8.17. The van der Waals surface area contributed by atoms with Crippen molar-refractivity contribution in [3.8, 4) is 11.4 Å². The summed E-state index contributed by atoms with van der Waals surface area (Å²) in [5.74, 6) is 7.85. The van der Waals surface area contributed by atoms with Crippen LogP contribution in [0.1, 0.15) is 38.2 Å². The first-order valence-electron chi connectivity index (χ1n) is 7.12. The molecule has 0 saturated heterocycles. The number of nitrogens with two attached hydrogens (primary N) is 1. The highest BCUT2D eigenvalue weighted by molar-refractivity contribution is 7.99. The SMILES string of the molecule is CCCCCCSc1nnc(-c2ccc(C)cc2)n1N. The maximum absolute atomic E-state index is 6.09.